The third-order valence-corrected chi connectivity index (χ3v) is 4.32. The standard InChI is InChI=1S/C19H27ClFNO3/c1-18(2,3)25-17(23)22-11-16(19(4,5)21)24-12-15(22)10-13-6-8-14(20)9-7-13/h6-9,15-16H,10-12H2,1-5H3. The zero-order valence-corrected chi connectivity index (χ0v) is 16.3. The molecule has 4 nitrogen and oxygen atoms in total. The van der Waals surface area contributed by atoms with E-state index in [2.05, 4.69) is 0 Å². The van der Waals surface area contributed by atoms with E-state index in [1.54, 1.807) is 4.90 Å². The second-order valence-electron chi connectivity index (χ2n) is 8.00. The maximum Gasteiger partial charge on any atom is 0.410 e. The molecule has 0 radical (unpaired) electrons. The number of alkyl halides is 1. The van der Waals surface area contributed by atoms with Gasteiger partial charge in [0.1, 0.15) is 17.4 Å². The van der Waals surface area contributed by atoms with Crippen molar-refractivity contribution in [3.8, 4) is 0 Å². The maximum atomic E-state index is 14.3. The highest BCUT2D eigenvalue weighted by atomic mass is 35.5. The van der Waals surface area contributed by atoms with Crippen LogP contribution in [0.5, 0.6) is 0 Å². The molecule has 1 aliphatic rings. The molecule has 6 heteroatoms. The Kier molecular flexibility index (Phi) is 6.00. The van der Waals surface area contributed by atoms with Gasteiger partial charge in [-0.1, -0.05) is 23.7 Å². The van der Waals surface area contributed by atoms with Crippen LogP contribution < -0.4 is 0 Å². The van der Waals surface area contributed by atoms with Crippen LogP contribution in [-0.2, 0) is 15.9 Å². The lowest BCUT2D eigenvalue weighted by molar-refractivity contribution is -0.116. The number of hydrogen-bond acceptors (Lipinski definition) is 3. The molecule has 0 spiro atoms. The summed E-state index contributed by atoms with van der Waals surface area (Å²) in [5.74, 6) is 0. The predicted octanol–water partition coefficient (Wildman–Crippen LogP) is 4.64. The first kappa shape index (κ1) is 20.0. The lowest BCUT2D eigenvalue weighted by Gasteiger charge is -2.42. The summed E-state index contributed by atoms with van der Waals surface area (Å²) in [7, 11) is 0. The van der Waals surface area contributed by atoms with Crippen LogP contribution in [0.15, 0.2) is 24.3 Å². The van der Waals surface area contributed by atoms with Crippen LogP contribution >= 0.6 is 11.6 Å². The van der Waals surface area contributed by atoms with Crippen molar-refractivity contribution < 1.29 is 18.7 Å². The first-order valence-electron chi connectivity index (χ1n) is 8.50. The third-order valence-electron chi connectivity index (χ3n) is 4.07. The number of carbonyl (C=O) groups is 1. The van der Waals surface area contributed by atoms with Crippen molar-refractivity contribution in [1.82, 2.24) is 4.90 Å². The predicted molar refractivity (Wildman–Crippen MR) is 96.8 cm³/mol. The van der Waals surface area contributed by atoms with Crippen molar-refractivity contribution in [2.75, 3.05) is 13.2 Å². The molecule has 0 saturated carbocycles. The van der Waals surface area contributed by atoms with Crippen LogP contribution in [0.2, 0.25) is 5.02 Å². The molecule has 2 unspecified atom stereocenters. The Hall–Kier alpha value is -1.33. The molecule has 0 aromatic heterocycles. The zero-order chi connectivity index (χ0) is 18.8. The van der Waals surface area contributed by atoms with Crippen molar-refractivity contribution in [1.29, 1.82) is 0 Å². The Morgan fingerprint density at radius 3 is 2.40 bits per heavy atom. The SMILES string of the molecule is CC(C)(C)OC(=O)N1CC(C(C)(C)F)OCC1Cc1ccc(Cl)cc1. The maximum absolute atomic E-state index is 14.3. The van der Waals surface area contributed by atoms with Gasteiger partial charge in [0.25, 0.3) is 0 Å². The van der Waals surface area contributed by atoms with Gasteiger partial charge in [0.15, 0.2) is 0 Å². The fourth-order valence-corrected chi connectivity index (χ4v) is 2.84. The molecular formula is C19H27ClFNO3. The molecule has 1 fully saturated rings. The number of amides is 1. The highest BCUT2D eigenvalue weighted by Gasteiger charge is 2.41. The average Bonchev–Trinajstić information content (AvgIpc) is 2.47. The monoisotopic (exact) mass is 371 g/mol. The molecule has 0 N–H and O–H groups in total. The molecule has 1 saturated heterocycles. The molecular weight excluding hydrogens is 345 g/mol. The van der Waals surface area contributed by atoms with Crippen LogP contribution in [0.4, 0.5) is 9.18 Å². The largest absolute Gasteiger partial charge is 0.444 e. The Morgan fingerprint density at radius 1 is 1.28 bits per heavy atom. The van der Waals surface area contributed by atoms with Crippen molar-refractivity contribution in [3.63, 3.8) is 0 Å². The number of halogens is 2. The van der Waals surface area contributed by atoms with Gasteiger partial charge >= 0.3 is 6.09 Å². The van der Waals surface area contributed by atoms with Gasteiger partial charge < -0.3 is 9.47 Å². The van der Waals surface area contributed by atoms with Gasteiger partial charge in [0, 0.05) is 5.02 Å². The smallest absolute Gasteiger partial charge is 0.410 e. The number of hydrogen-bond donors (Lipinski definition) is 0. The summed E-state index contributed by atoms with van der Waals surface area (Å²) in [6, 6.07) is 7.24. The van der Waals surface area contributed by atoms with Gasteiger partial charge in [-0.25, -0.2) is 9.18 Å². The van der Waals surface area contributed by atoms with E-state index in [0.717, 1.165) is 5.56 Å². The summed E-state index contributed by atoms with van der Waals surface area (Å²) in [6.07, 6.45) is -0.527. The van der Waals surface area contributed by atoms with Crippen molar-refractivity contribution in [2.24, 2.45) is 0 Å². The first-order chi connectivity index (χ1) is 11.5. The molecule has 0 aliphatic carbocycles. The third kappa shape index (κ3) is 5.86. The van der Waals surface area contributed by atoms with E-state index in [-0.39, 0.29) is 19.2 Å². The second-order valence-corrected chi connectivity index (χ2v) is 8.44. The highest BCUT2D eigenvalue weighted by Crippen LogP contribution is 2.27. The molecule has 25 heavy (non-hydrogen) atoms. The molecule has 1 aromatic rings. The molecule has 1 amide bonds. The number of nitrogens with zero attached hydrogens (tertiary/aromatic N) is 1. The van der Waals surface area contributed by atoms with Crippen LogP contribution in [0.1, 0.15) is 40.2 Å². The highest BCUT2D eigenvalue weighted by molar-refractivity contribution is 6.30. The zero-order valence-electron chi connectivity index (χ0n) is 15.5. The van der Waals surface area contributed by atoms with E-state index >= 15 is 0 Å². The summed E-state index contributed by atoms with van der Waals surface area (Å²) in [5, 5.41) is 0.659. The number of carbonyl (C=O) groups excluding carboxylic acids is 1. The number of ether oxygens (including phenoxy) is 2. The number of rotatable bonds is 3. The van der Waals surface area contributed by atoms with E-state index in [9.17, 15) is 9.18 Å². The lowest BCUT2D eigenvalue weighted by Crippen LogP contribution is -2.58. The topological polar surface area (TPSA) is 38.8 Å². The van der Waals surface area contributed by atoms with Gasteiger partial charge in [-0.05, 0) is 58.7 Å². The molecule has 2 rings (SSSR count). The Morgan fingerprint density at radius 2 is 1.88 bits per heavy atom. The molecule has 2 atom stereocenters. The van der Waals surface area contributed by atoms with Crippen LogP contribution in [0.25, 0.3) is 0 Å². The molecule has 0 bridgehead atoms. The minimum Gasteiger partial charge on any atom is -0.444 e. The molecule has 1 heterocycles. The number of morpholine rings is 1. The fraction of sp³-hybridized carbons (Fsp3) is 0.632. The Bertz CT molecular complexity index is 592. The second kappa shape index (κ2) is 7.50. The van der Waals surface area contributed by atoms with E-state index in [4.69, 9.17) is 21.1 Å². The summed E-state index contributed by atoms with van der Waals surface area (Å²) >= 11 is 5.92. The van der Waals surface area contributed by atoms with Crippen LogP contribution in [-0.4, -0.2) is 47.6 Å². The van der Waals surface area contributed by atoms with Gasteiger partial charge in [-0.15, -0.1) is 0 Å². The van der Waals surface area contributed by atoms with Crippen molar-refractivity contribution >= 4 is 17.7 Å². The molecule has 1 aliphatic heterocycles. The average molecular weight is 372 g/mol. The normalized spacial score (nSPS) is 22.0. The summed E-state index contributed by atoms with van der Waals surface area (Å²) in [6.45, 7) is 8.80. The van der Waals surface area contributed by atoms with Crippen molar-refractivity contribution in [2.45, 2.75) is 64.5 Å². The van der Waals surface area contributed by atoms with E-state index in [1.165, 1.54) is 13.8 Å². The summed E-state index contributed by atoms with van der Waals surface area (Å²) in [5.41, 5.74) is -1.11. The van der Waals surface area contributed by atoms with Gasteiger partial charge in [0.05, 0.1) is 19.2 Å². The summed E-state index contributed by atoms with van der Waals surface area (Å²) in [4.78, 5) is 14.2. The minimum absolute atomic E-state index is 0.163. The van der Waals surface area contributed by atoms with Crippen molar-refractivity contribution in [3.05, 3.63) is 34.9 Å². The van der Waals surface area contributed by atoms with Gasteiger partial charge in [-0.3, -0.25) is 4.90 Å². The van der Waals surface area contributed by atoms with E-state index < -0.39 is 23.5 Å². The van der Waals surface area contributed by atoms with Crippen LogP contribution in [0, 0.1) is 0 Å². The first-order valence-corrected chi connectivity index (χ1v) is 8.88. The number of benzene rings is 1. The van der Waals surface area contributed by atoms with E-state index in [0.29, 0.717) is 11.4 Å². The summed E-state index contributed by atoms with van der Waals surface area (Å²) < 4.78 is 25.6. The fourth-order valence-electron chi connectivity index (χ4n) is 2.72. The quantitative estimate of drug-likeness (QED) is 0.777. The molecule has 1 aromatic carbocycles. The van der Waals surface area contributed by atoms with Gasteiger partial charge in [0.2, 0.25) is 0 Å². The Labute approximate surface area is 154 Å². The minimum atomic E-state index is -1.54. The molecule has 140 valence electrons. The van der Waals surface area contributed by atoms with Crippen LogP contribution in [0.3, 0.4) is 0 Å². The Balaban J connectivity index is 2.17. The van der Waals surface area contributed by atoms with Gasteiger partial charge in [-0.2, -0.15) is 0 Å². The lowest BCUT2D eigenvalue weighted by atomic mass is 9.98. The van der Waals surface area contributed by atoms with E-state index in [1.807, 2.05) is 45.0 Å².